The molecule has 0 aliphatic rings. The van der Waals surface area contributed by atoms with Crippen molar-refractivity contribution in [2.75, 3.05) is 10.6 Å². The molecule has 2 aromatic carbocycles. The summed E-state index contributed by atoms with van der Waals surface area (Å²) >= 11 is 17.6. The zero-order valence-electron chi connectivity index (χ0n) is 11.2. The van der Waals surface area contributed by atoms with Crippen molar-refractivity contribution in [1.29, 1.82) is 0 Å². The predicted octanol–water partition coefficient (Wildman–Crippen LogP) is 4.61. The van der Waals surface area contributed by atoms with Crippen LogP contribution in [0.15, 0.2) is 42.5 Å². The molecule has 0 aromatic heterocycles. The van der Waals surface area contributed by atoms with E-state index in [2.05, 4.69) is 10.6 Å². The first-order chi connectivity index (χ1) is 10.5. The van der Waals surface area contributed by atoms with Crippen LogP contribution in [0.5, 0.6) is 0 Å². The van der Waals surface area contributed by atoms with Crippen molar-refractivity contribution in [3.63, 3.8) is 0 Å². The minimum absolute atomic E-state index is 0.232. The van der Waals surface area contributed by atoms with E-state index in [1.807, 2.05) is 0 Å². The number of hydrogen-bond donors (Lipinski definition) is 2. The summed E-state index contributed by atoms with van der Waals surface area (Å²) in [4.78, 5) is 23.6. The Labute approximate surface area is 142 Å². The molecule has 0 bridgehead atoms. The van der Waals surface area contributed by atoms with Crippen molar-refractivity contribution >= 4 is 58.0 Å². The molecule has 0 radical (unpaired) electrons. The third-order valence-corrected chi connectivity index (χ3v) is 3.75. The summed E-state index contributed by atoms with van der Waals surface area (Å²) in [5.41, 5.74) is 0.918. The van der Waals surface area contributed by atoms with Crippen LogP contribution < -0.4 is 10.6 Å². The maximum Gasteiger partial charge on any atom is 0.233 e. The van der Waals surface area contributed by atoms with E-state index in [-0.39, 0.29) is 11.4 Å². The molecular formula is C15H11Cl3N2O2. The molecule has 2 aromatic rings. The van der Waals surface area contributed by atoms with Crippen molar-refractivity contribution in [3.8, 4) is 0 Å². The van der Waals surface area contributed by atoms with Crippen molar-refractivity contribution in [3.05, 3.63) is 57.5 Å². The maximum absolute atomic E-state index is 11.8. The minimum atomic E-state index is -0.490. The van der Waals surface area contributed by atoms with Crippen LogP contribution in [0.25, 0.3) is 0 Å². The van der Waals surface area contributed by atoms with Crippen LogP contribution in [0.3, 0.4) is 0 Å². The fourth-order valence-electron chi connectivity index (χ4n) is 1.68. The molecule has 0 aliphatic carbocycles. The highest BCUT2D eigenvalue weighted by Gasteiger charge is 2.12. The van der Waals surface area contributed by atoms with Crippen LogP contribution in [0.1, 0.15) is 6.42 Å². The van der Waals surface area contributed by atoms with Gasteiger partial charge in [0.15, 0.2) is 0 Å². The highest BCUT2D eigenvalue weighted by molar-refractivity contribution is 6.44. The van der Waals surface area contributed by atoms with E-state index in [9.17, 15) is 9.59 Å². The quantitative estimate of drug-likeness (QED) is 0.785. The van der Waals surface area contributed by atoms with Gasteiger partial charge < -0.3 is 10.6 Å². The summed E-state index contributed by atoms with van der Waals surface area (Å²) in [7, 11) is 0. The van der Waals surface area contributed by atoms with E-state index < -0.39 is 11.8 Å². The van der Waals surface area contributed by atoms with Gasteiger partial charge in [-0.2, -0.15) is 0 Å². The topological polar surface area (TPSA) is 58.2 Å². The van der Waals surface area contributed by atoms with E-state index in [0.717, 1.165) is 0 Å². The van der Waals surface area contributed by atoms with Crippen LogP contribution in [0.2, 0.25) is 15.1 Å². The van der Waals surface area contributed by atoms with Gasteiger partial charge in [0.1, 0.15) is 6.42 Å². The number of rotatable bonds is 4. The number of anilines is 2. The summed E-state index contributed by atoms with van der Waals surface area (Å²) in [5, 5.41) is 6.25. The molecule has 0 heterocycles. The summed E-state index contributed by atoms with van der Waals surface area (Å²) in [6.45, 7) is 0. The number of benzene rings is 2. The van der Waals surface area contributed by atoms with Gasteiger partial charge in [0.05, 0.1) is 15.7 Å². The minimum Gasteiger partial charge on any atom is -0.326 e. The lowest BCUT2D eigenvalue weighted by molar-refractivity contribution is -0.123. The van der Waals surface area contributed by atoms with E-state index in [1.165, 1.54) is 0 Å². The summed E-state index contributed by atoms with van der Waals surface area (Å²) in [6, 6.07) is 11.4. The van der Waals surface area contributed by atoms with Crippen LogP contribution in [-0.4, -0.2) is 11.8 Å². The van der Waals surface area contributed by atoms with Gasteiger partial charge in [-0.25, -0.2) is 0 Å². The van der Waals surface area contributed by atoms with E-state index >= 15 is 0 Å². The molecule has 4 nitrogen and oxygen atoms in total. The van der Waals surface area contributed by atoms with Crippen molar-refractivity contribution in [2.45, 2.75) is 6.42 Å². The Morgan fingerprint density at radius 1 is 0.864 bits per heavy atom. The molecule has 22 heavy (non-hydrogen) atoms. The molecule has 7 heteroatoms. The van der Waals surface area contributed by atoms with Gasteiger partial charge in [-0.05, 0) is 36.4 Å². The van der Waals surface area contributed by atoms with Gasteiger partial charge >= 0.3 is 0 Å². The number of carbonyl (C=O) groups is 2. The maximum atomic E-state index is 11.8. The van der Waals surface area contributed by atoms with Crippen LogP contribution in [0, 0.1) is 0 Å². The highest BCUT2D eigenvalue weighted by Crippen LogP contribution is 2.29. The summed E-state index contributed by atoms with van der Waals surface area (Å²) in [5.74, 6) is -0.936. The first kappa shape index (κ1) is 16.6. The average Bonchev–Trinajstić information content (AvgIpc) is 2.46. The second-order valence-electron chi connectivity index (χ2n) is 4.38. The Morgan fingerprint density at radius 2 is 1.50 bits per heavy atom. The standard InChI is InChI=1S/C15H11Cl3N2O2/c16-9-4-6-10(7-5-9)19-13(21)8-14(22)20-12-3-1-2-11(17)15(12)18/h1-7H,8H2,(H,19,21)(H,20,22). The van der Waals surface area contributed by atoms with Gasteiger partial charge in [0, 0.05) is 10.7 Å². The van der Waals surface area contributed by atoms with E-state index in [1.54, 1.807) is 42.5 Å². The molecule has 0 fully saturated rings. The van der Waals surface area contributed by atoms with Crippen LogP contribution in [-0.2, 0) is 9.59 Å². The van der Waals surface area contributed by atoms with Gasteiger partial charge in [0.25, 0.3) is 0 Å². The normalized spacial score (nSPS) is 10.1. The van der Waals surface area contributed by atoms with Gasteiger partial charge in [-0.15, -0.1) is 0 Å². The second-order valence-corrected chi connectivity index (χ2v) is 5.60. The van der Waals surface area contributed by atoms with Gasteiger partial charge in [0.2, 0.25) is 11.8 Å². The average molecular weight is 358 g/mol. The largest absolute Gasteiger partial charge is 0.326 e. The zero-order valence-corrected chi connectivity index (χ0v) is 13.5. The lowest BCUT2D eigenvalue weighted by atomic mass is 10.2. The Balaban J connectivity index is 1.92. The lowest BCUT2D eigenvalue weighted by Crippen LogP contribution is -2.21. The molecular weight excluding hydrogens is 347 g/mol. The molecule has 0 unspecified atom stereocenters. The van der Waals surface area contributed by atoms with E-state index in [4.69, 9.17) is 34.8 Å². The smallest absolute Gasteiger partial charge is 0.233 e. The molecule has 2 rings (SSSR count). The first-order valence-electron chi connectivity index (χ1n) is 6.25. The third-order valence-electron chi connectivity index (χ3n) is 2.67. The molecule has 0 saturated heterocycles. The zero-order chi connectivity index (χ0) is 16.1. The number of amides is 2. The van der Waals surface area contributed by atoms with Crippen molar-refractivity contribution < 1.29 is 9.59 Å². The second kappa shape index (κ2) is 7.49. The van der Waals surface area contributed by atoms with Gasteiger partial charge in [-0.3, -0.25) is 9.59 Å². The Bertz CT molecular complexity index is 702. The monoisotopic (exact) mass is 356 g/mol. The van der Waals surface area contributed by atoms with Crippen molar-refractivity contribution in [2.24, 2.45) is 0 Å². The Morgan fingerprint density at radius 3 is 2.18 bits per heavy atom. The third kappa shape index (κ3) is 4.63. The molecule has 0 saturated carbocycles. The number of carbonyl (C=O) groups excluding carboxylic acids is 2. The highest BCUT2D eigenvalue weighted by atomic mass is 35.5. The summed E-state index contributed by atoms with van der Waals surface area (Å²) < 4.78 is 0. The fourth-order valence-corrected chi connectivity index (χ4v) is 2.15. The number of hydrogen-bond acceptors (Lipinski definition) is 2. The predicted molar refractivity (Wildman–Crippen MR) is 89.8 cm³/mol. The SMILES string of the molecule is O=C(CC(=O)Nc1cccc(Cl)c1Cl)Nc1ccc(Cl)cc1. The Hall–Kier alpha value is -1.75. The molecule has 0 spiro atoms. The van der Waals surface area contributed by atoms with Crippen LogP contribution in [0.4, 0.5) is 11.4 Å². The van der Waals surface area contributed by atoms with Gasteiger partial charge in [-0.1, -0.05) is 40.9 Å². The fraction of sp³-hybridized carbons (Fsp3) is 0.0667. The first-order valence-corrected chi connectivity index (χ1v) is 7.38. The molecule has 0 atom stereocenters. The number of halogens is 3. The van der Waals surface area contributed by atoms with Crippen molar-refractivity contribution in [1.82, 2.24) is 0 Å². The molecule has 114 valence electrons. The Kier molecular flexibility index (Phi) is 5.66. The van der Waals surface area contributed by atoms with Crippen LogP contribution >= 0.6 is 34.8 Å². The molecule has 2 amide bonds. The molecule has 2 N–H and O–H groups in total. The summed E-state index contributed by atoms with van der Waals surface area (Å²) in [6.07, 6.45) is -0.342. The molecule has 0 aliphatic heterocycles. The lowest BCUT2D eigenvalue weighted by Gasteiger charge is -2.08. The number of nitrogens with one attached hydrogen (secondary N) is 2. The van der Waals surface area contributed by atoms with E-state index in [0.29, 0.717) is 21.4 Å².